The van der Waals surface area contributed by atoms with Gasteiger partial charge in [-0.05, 0) is 59.7 Å². The van der Waals surface area contributed by atoms with Crippen LogP contribution in [0.25, 0.3) is 11.3 Å². The van der Waals surface area contributed by atoms with Gasteiger partial charge in [-0.3, -0.25) is 29.0 Å². The second-order valence-electron chi connectivity index (χ2n) is 15.7. The zero-order chi connectivity index (χ0) is 52.5. The van der Waals surface area contributed by atoms with Gasteiger partial charge in [0.25, 0.3) is 23.6 Å². The fourth-order valence-corrected chi connectivity index (χ4v) is 12.4. The van der Waals surface area contributed by atoms with Crippen LogP contribution in [0.1, 0.15) is 11.5 Å². The van der Waals surface area contributed by atoms with Gasteiger partial charge in [0.05, 0.1) is 35.9 Å². The summed E-state index contributed by atoms with van der Waals surface area (Å²) in [5.41, 5.74) is 0.0749. The SMILES string of the molecule is CO/N=C(\C(=O)NC1C(=O)N2C(C(=O)[O-])=C(CSc3ccc4nn(C)c(=O)n4n3)CS[C@@H]12)c1ccco1.CO/N=C(\C(=O)NC1C(=O)N2C(C(=O)[O-])=C(CSc3ccc4nn(C)c(=O)n4n3)CS[C@@H]12)c1ccco1.[Na+].[Na+]. The fourth-order valence-electron chi connectivity index (χ4n) is 7.77. The number of rotatable bonds is 16. The van der Waals surface area contributed by atoms with Gasteiger partial charge in [0.2, 0.25) is 11.4 Å². The topological polar surface area (TPSA) is 353 Å². The van der Waals surface area contributed by atoms with Gasteiger partial charge >= 0.3 is 70.5 Å². The number of carbonyl (C=O) groups excluding carboxylic acids is 6. The molecule has 0 saturated carbocycles. The molecule has 2 unspecified atom stereocenters. The van der Waals surface area contributed by atoms with E-state index in [1.165, 1.54) is 100 Å². The van der Waals surface area contributed by atoms with E-state index in [1.54, 1.807) is 36.4 Å². The Morgan fingerprint density at radius 1 is 0.658 bits per heavy atom. The summed E-state index contributed by atoms with van der Waals surface area (Å²) in [6.07, 6.45) is 2.72. The molecule has 10 heterocycles. The van der Waals surface area contributed by atoms with Crippen LogP contribution < -0.4 is 91.3 Å². The smallest absolute Gasteiger partial charge is 0.543 e. The van der Waals surface area contributed by atoms with Crippen molar-refractivity contribution in [1.82, 2.24) is 59.2 Å². The second kappa shape index (κ2) is 24.5. The molecule has 10 rings (SSSR count). The van der Waals surface area contributed by atoms with E-state index in [0.717, 1.165) is 28.2 Å². The molecule has 2 fully saturated rings. The third-order valence-electron chi connectivity index (χ3n) is 11.1. The number of hydrogen-bond donors (Lipinski definition) is 2. The molecule has 0 aromatic carbocycles. The quantitative estimate of drug-likeness (QED) is 0.0299. The largest absolute Gasteiger partial charge is 1.00 e. The van der Waals surface area contributed by atoms with Crippen molar-refractivity contribution in [2.24, 2.45) is 24.4 Å². The van der Waals surface area contributed by atoms with Crippen LogP contribution >= 0.6 is 47.0 Å². The number of carboxylic acids is 2. The maximum Gasteiger partial charge on any atom is 1.00 e. The maximum absolute atomic E-state index is 12.9. The normalized spacial score (nSPS) is 19.1. The average molecular weight is 1140 g/mol. The number of β-lactam (4-membered cyclic amide) rings is 2. The standard InChI is InChI=1S/2C21H19N7O7S2.2Na/c2*1-26-21(33)28-12(23-26)5-6-13(24-28)36-8-10-9-37-19-15(18(30)27(19)16(10)20(31)32)22-17(29)14(25-34-2)11-4-3-7-35-11;;/h2*3-7,15,19H,8-9H2,1-2H3,(H,22,29)(H,31,32);;/q;;2*+1/p-2/b2*25-14-;;/t2*15?,19-;;/m00../s1. The summed E-state index contributed by atoms with van der Waals surface area (Å²) in [4.78, 5) is 111. The summed E-state index contributed by atoms with van der Waals surface area (Å²) in [5.74, 6) is -4.34. The Bertz CT molecular complexity index is 3290. The van der Waals surface area contributed by atoms with Gasteiger partial charge < -0.3 is 48.9 Å². The van der Waals surface area contributed by atoms with Crippen molar-refractivity contribution in [1.29, 1.82) is 0 Å². The fraction of sp³-hybridized carbons (Fsp3) is 0.286. The van der Waals surface area contributed by atoms with Gasteiger partial charge in [-0.2, -0.15) is 19.2 Å². The van der Waals surface area contributed by atoms with Crippen LogP contribution in [-0.4, -0.2) is 156 Å². The van der Waals surface area contributed by atoms with Crippen LogP contribution in [0.3, 0.4) is 0 Å². The summed E-state index contributed by atoms with van der Waals surface area (Å²) >= 11 is 5.03. The number of carboxylic acid groups (broad SMARTS) is 2. The van der Waals surface area contributed by atoms with Gasteiger partial charge in [0.1, 0.15) is 47.1 Å². The van der Waals surface area contributed by atoms with Crippen molar-refractivity contribution in [3.05, 3.63) is 116 Å². The van der Waals surface area contributed by atoms with E-state index < -0.39 is 69.8 Å². The van der Waals surface area contributed by atoms with E-state index in [4.69, 9.17) is 18.5 Å². The van der Waals surface area contributed by atoms with Crippen molar-refractivity contribution in [3.63, 3.8) is 0 Å². The first-order chi connectivity index (χ1) is 35.6. The number of furan rings is 2. The molecule has 4 atom stereocenters. The Kier molecular flexibility index (Phi) is 18.6. The Hall–Kier alpha value is -6.10. The Morgan fingerprint density at radius 3 is 1.39 bits per heavy atom. The minimum atomic E-state index is -1.50. The number of nitrogens with one attached hydrogen (secondary N) is 2. The number of fused-ring (bicyclic) bond motifs is 4. The van der Waals surface area contributed by atoms with Crippen LogP contribution in [0.4, 0.5) is 0 Å². The molecule has 4 amide bonds. The molecule has 76 heavy (non-hydrogen) atoms. The zero-order valence-corrected chi connectivity index (χ0v) is 47.9. The minimum absolute atomic E-state index is 0. The molecule has 34 heteroatoms. The predicted molar refractivity (Wildman–Crippen MR) is 257 cm³/mol. The van der Waals surface area contributed by atoms with Gasteiger partial charge in [0.15, 0.2) is 22.8 Å². The van der Waals surface area contributed by atoms with Crippen molar-refractivity contribution in [2.45, 2.75) is 32.9 Å². The van der Waals surface area contributed by atoms with Crippen molar-refractivity contribution in [2.75, 3.05) is 37.2 Å². The number of aliphatic carboxylic acids is 2. The summed E-state index contributed by atoms with van der Waals surface area (Å²) in [6.45, 7) is 0. The van der Waals surface area contributed by atoms with Crippen LogP contribution in [0, 0.1) is 0 Å². The molecule has 6 aromatic rings. The van der Waals surface area contributed by atoms with Crippen molar-refractivity contribution < 1.29 is 117 Å². The van der Waals surface area contributed by atoms with Crippen molar-refractivity contribution in [3.8, 4) is 0 Å². The predicted octanol–water partition coefficient (Wildman–Crippen LogP) is -8.86. The molecule has 0 spiro atoms. The molecule has 384 valence electrons. The molecule has 0 bridgehead atoms. The van der Waals surface area contributed by atoms with Crippen LogP contribution in [-0.2, 0) is 52.5 Å². The van der Waals surface area contributed by atoms with E-state index in [9.17, 15) is 48.6 Å². The molecule has 0 radical (unpaired) electrons. The third-order valence-corrected chi connectivity index (χ3v) is 15.8. The van der Waals surface area contributed by atoms with Gasteiger partial charge in [-0.25, -0.2) is 19.0 Å². The molecular weight excluding hydrogens is 1100 g/mol. The summed E-state index contributed by atoms with van der Waals surface area (Å²) in [6, 6.07) is 10.8. The van der Waals surface area contributed by atoms with Gasteiger partial charge in [-0.15, -0.1) is 57.2 Å². The number of aryl methyl sites for hydroxylation is 2. The van der Waals surface area contributed by atoms with E-state index >= 15 is 0 Å². The first-order valence-corrected chi connectivity index (χ1v) is 25.5. The monoisotopic (exact) mass is 1130 g/mol. The number of nitrogens with zero attached hydrogens (tertiary/aromatic N) is 12. The van der Waals surface area contributed by atoms with E-state index in [-0.39, 0.29) is 116 Å². The van der Waals surface area contributed by atoms with E-state index in [1.807, 2.05) is 0 Å². The van der Waals surface area contributed by atoms with E-state index in [2.05, 4.69) is 41.3 Å². The van der Waals surface area contributed by atoms with Crippen LogP contribution in [0.2, 0.25) is 0 Å². The van der Waals surface area contributed by atoms with Crippen LogP contribution in [0.5, 0.6) is 0 Å². The third kappa shape index (κ3) is 11.3. The second-order valence-corrected chi connectivity index (χ2v) is 19.9. The number of hydrogen-bond acceptors (Lipinski definition) is 24. The maximum atomic E-state index is 12.9. The number of aromatic nitrogens is 8. The molecular formula is C42H36N14Na2O14S4. The summed E-state index contributed by atoms with van der Waals surface area (Å²) in [7, 11) is 5.56. The van der Waals surface area contributed by atoms with E-state index in [0.29, 0.717) is 32.5 Å². The number of amides is 4. The first kappa shape index (κ1) is 57.6. The average Bonchev–Trinajstić information content (AvgIpc) is 4.24. The Labute approximate surface area is 487 Å². The first-order valence-electron chi connectivity index (χ1n) is 21.4. The Balaban J connectivity index is 0.000000216. The van der Waals surface area contributed by atoms with Crippen LogP contribution in [0.15, 0.2) is 122 Å². The molecule has 6 aromatic heterocycles. The zero-order valence-electron chi connectivity index (χ0n) is 40.6. The molecule has 4 aliphatic heterocycles. The molecule has 2 saturated heterocycles. The number of carbonyl (C=O) groups is 6. The minimum Gasteiger partial charge on any atom is -0.543 e. The molecule has 0 aliphatic carbocycles. The number of thioether (sulfide) groups is 4. The summed E-state index contributed by atoms with van der Waals surface area (Å²) in [5, 5.41) is 52.8. The van der Waals surface area contributed by atoms with Crippen molar-refractivity contribution >= 4 is 105 Å². The Morgan fingerprint density at radius 2 is 1.05 bits per heavy atom. The molecule has 4 aliphatic rings. The van der Waals surface area contributed by atoms with Gasteiger partial charge in [-0.1, -0.05) is 10.3 Å². The number of oxime groups is 2. The summed E-state index contributed by atoms with van der Waals surface area (Å²) < 4.78 is 15.0. The van der Waals surface area contributed by atoms with Gasteiger partial charge in [0, 0.05) is 37.1 Å². The molecule has 2 N–H and O–H groups in total. The molecule has 28 nitrogen and oxygen atoms in total.